The highest BCUT2D eigenvalue weighted by molar-refractivity contribution is 7.89. The molecule has 0 saturated heterocycles. The molecular weight excluding hydrogens is 276 g/mol. The molecule has 6 nitrogen and oxygen atoms in total. The minimum absolute atomic E-state index is 0.0841. The van der Waals surface area contributed by atoms with E-state index >= 15 is 0 Å². The predicted octanol–water partition coefficient (Wildman–Crippen LogP) is 1.35. The Hall–Kier alpha value is -1.86. The number of nitrogens with two attached hydrogens (primary N) is 1. The normalized spacial score (nSPS) is 15.7. The van der Waals surface area contributed by atoms with Crippen molar-refractivity contribution in [3.05, 3.63) is 42.4 Å². The van der Waals surface area contributed by atoms with Crippen LogP contribution >= 0.6 is 0 Å². The number of aromatic nitrogens is 2. The van der Waals surface area contributed by atoms with Crippen molar-refractivity contribution in [3.63, 3.8) is 0 Å². The Morgan fingerprint density at radius 2 is 2.00 bits per heavy atom. The lowest BCUT2D eigenvalue weighted by atomic mass is 10.2. The van der Waals surface area contributed by atoms with Gasteiger partial charge < -0.3 is 10.7 Å². The lowest BCUT2D eigenvalue weighted by molar-refractivity contribution is 0.397. The third kappa shape index (κ3) is 2.54. The molecule has 7 heteroatoms. The van der Waals surface area contributed by atoms with Gasteiger partial charge in [-0.05, 0) is 30.5 Å². The van der Waals surface area contributed by atoms with Gasteiger partial charge in [0.15, 0.2) is 5.03 Å². The van der Waals surface area contributed by atoms with Crippen molar-refractivity contribution < 1.29 is 8.42 Å². The average Bonchev–Trinajstić information content (AvgIpc) is 3.09. The lowest BCUT2D eigenvalue weighted by Crippen LogP contribution is -2.32. The van der Waals surface area contributed by atoms with Crippen LogP contribution in [0.4, 0.5) is 5.69 Å². The Balaban J connectivity index is 1.88. The van der Waals surface area contributed by atoms with E-state index < -0.39 is 10.0 Å². The van der Waals surface area contributed by atoms with Gasteiger partial charge in [0.25, 0.3) is 10.0 Å². The summed E-state index contributed by atoms with van der Waals surface area (Å²) in [5, 5.41) is 0.139. The van der Waals surface area contributed by atoms with Crippen molar-refractivity contribution >= 4 is 15.7 Å². The Labute approximate surface area is 117 Å². The topological polar surface area (TPSA) is 92.1 Å². The van der Waals surface area contributed by atoms with E-state index in [0.29, 0.717) is 12.2 Å². The monoisotopic (exact) mass is 292 g/mol. The summed E-state index contributed by atoms with van der Waals surface area (Å²) in [5.41, 5.74) is 7.24. The molecule has 20 heavy (non-hydrogen) atoms. The summed E-state index contributed by atoms with van der Waals surface area (Å²) in [6, 6.07) is 7.35. The van der Waals surface area contributed by atoms with Crippen LogP contribution in [0.3, 0.4) is 0 Å². The standard InChI is InChI=1S/C13H16N4O2S/c14-11-3-1-10(2-4-11)8-17(12-5-6-12)20(18,19)13-7-15-9-16-13/h1-4,7,9,12H,5-6,8,14H2,(H,15,16). The zero-order valence-electron chi connectivity index (χ0n) is 10.9. The van der Waals surface area contributed by atoms with Crippen LogP contribution in [-0.2, 0) is 16.6 Å². The zero-order valence-corrected chi connectivity index (χ0v) is 11.7. The lowest BCUT2D eigenvalue weighted by Gasteiger charge is -2.21. The van der Waals surface area contributed by atoms with Gasteiger partial charge >= 0.3 is 0 Å². The molecule has 1 aromatic carbocycles. The van der Waals surface area contributed by atoms with Crippen molar-refractivity contribution in [2.45, 2.75) is 30.5 Å². The minimum Gasteiger partial charge on any atom is -0.399 e. The number of aromatic amines is 1. The van der Waals surface area contributed by atoms with E-state index in [2.05, 4.69) is 9.97 Å². The second-order valence-corrected chi connectivity index (χ2v) is 6.80. The first-order chi connectivity index (χ1) is 9.57. The quantitative estimate of drug-likeness (QED) is 0.814. The van der Waals surface area contributed by atoms with Crippen molar-refractivity contribution in [3.8, 4) is 0 Å². The van der Waals surface area contributed by atoms with Crippen LogP contribution < -0.4 is 5.73 Å². The number of hydrogen-bond acceptors (Lipinski definition) is 4. The molecule has 2 aromatic rings. The van der Waals surface area contributed by atoms with Crippen molar-refractivity contribution in [1.29, 1.82) is 0 Å². The van der Waals surface area contributed by atoms with Gasteiger partial charge in [-0.25, -0.2) is 13.4 Å². The van der Waals surface area contributed by atoms with E-state index in [1.54, 1.807) is 12.1 Å². The highest BCUT2D eigenvalue weighted by Crippen LogP contribution is 2.33. The summed E-state index contributed by atoms with van der Waals surface area (Å²) >= 11 is 0. The molecule has 106 valence electrons. The van der Waals surface area contributed by atoms with E-state index in [1.807, 2.05) is 12.1 Å². The maximum atomic E-state index is 12.6. The summed E-state index contributed by atoms with van der Waals surface area (Å²) in [6.45, 7) is 0.353. The molecule has 0 aliphatic heterocycles. The second-order valence-electron chi connectivity index (χ2n) is 4.94. The number of nitrogens with zero attached hydrogens (tertiary/aromatic N) is 2. The number of anilines is 1. The molecule has 0 amide bonds. The molecule has 0 atom stereocenters. The van der Waals surface area contributed by atoms with Gasteiger partial charge in [-0.3, -0.25) is 0 Å². The van der Waals surface area contributed by atoms with E-state index in [9.17, 15) is 8.42 Å². The number of benzene rings is 1. The van der Waals surface area contributed by atoms with Crippen molar-refractivity contribution in [2.75, 3.05) is 5.73 Å². The smallest absolute Gasteiger partial charge is 0.260 e. The molecule has 1 aliphatic rings. The van der Waals surface area contributed by atoms with Gasteiger partial charge in [0.2, 0.25) is 0 Å². The van der Waals surface area contributed by atoms with Gasteiger partial charge in [-0.2, -0.15) is 4.31 Å². The van der Waals surface area contributed by atoms with Crippen LogP contribution in [0.25, 0.3) is 0 Å². The van der Waals surface area contributed by atoms with Crippen LogP contribution in [0, 0.1) is 0 Å². The van der Waals surface area contributed by atoms with Crippen molar-refractivity contribution in [1.82, 2.24) is 14.3 Å². The molecule has 3 rings (SSSR count). The Bertz CT molecular complexity index is 676. The fourth-order valence-corrected chi connectivity index (χ4v) is 3.66. The largest absolute Gasteiger partial charge is 0.399 e. The van der Waals surface area contributed by atoms with Gasteiger partial charge in [0, 0.05) is 18.3 Å². The van der Waals surface area contributed by atoms with E-state index in [4.69, 9.17) is 5.73 Å². The first kappa shape index (κ1) is 13.1. The third-order valence-corrected chi connectivity index (χ3v) is 5.16. The van der Waals surface area contributed by atoms with Gasteiger partial charge in [-0.1, -0.05) is 12.1 Å². The molecule has 0 bridgehead atoms. The second kappa shape index (κ2) is 4.92. The molecule has 0 unspecified atom stereocenters. The van der Waals surface area contributed by atoms with Crippen LogP contribution in [0.5, 0.6) is 0 Å². The Morgan fingerprint density at radius 1 is 1.30 bits per heavy atom. The first-order valence-electron chi connectivity index (χ1n) is 6.42. The summed E-state index contributed by atoms with van der Waals surface area (Å²) in [4.78, 5) is 6.47. The molecule has 0 spiro atoms. The van der Waals surface area contributed by atoms with E-state index in [-0.39, 0.29) is 11.1 Å². The van der Waals surface area contributed by atoms with Crippen LogP contribution in [0.15, 0.2) is 41.8 Å². The van der Waals surface area contributed by atoms with Crippen LogP contribution in [0.1, 0.15) is 18.4 Å². The molecule has 0 radical (unpaired) electrons. The number of imidazole rings is 1. The number of nitrogens with one attached hydrogen (secondary N) is 1. The third-order valence-electron chi connectivity index (χ3n) is 3.33. The van der Waals surface area contributed by atoms with Gasteiger partial charge in [-0.15, -0.1) is 0 Å². The minimum atomic E-state index is -3.52. The fraction of sp³-hybridized carbons (Fsp3) is 0.308. The maximum Gasteiger partial charge on any atom is 0.260 e. The maximum absolute atomic E-state index is 12.6. The predicted molar refractivity (Wildman–Crippen MR) is 75.2 cm³/mol. The summed E-state index contributed by atoms with van der Waals surface area (Å²) in [5.74, 6) is 0. The summed E-state index contributed by atoms with van der Waals surface area (Å²) in [6.07, 6.45) is 4.53. The van der Waals surface area contributed by atoms with E-state index in [0.717, 1.165) is 18.4 Å². The van der Waals surface area contributed by atoms with Crippen molar-refractivity contribution in [2.24, 2.45) is 0 Å². The zero-order chi connectivity index (χ0) is 14.2. The highest BCUT2D eigenvalue weighted by Gasteiger charge is 2.38. The van der Waals surface area contributed by atoms with Gasteiger partial charge in [0.05, 0.1) is 12.5 Å². The SMILES string of the molecule is Nc1ccc(CN(C2CC2)S(=O)(=O)c2cnc[nH]2)cc1. The molecule has 3 N–H and O–H groups in total. The summed E-state index contributed by atoms with van der Waals surface area (Å²) in [7, 11) is -3.52. The number of sulfonamides is 1. The van der Waals surface area contributed by atoms with Gasteiger partial charge in [0.1, 0.15) is 0 Å². The van der Waals surface area contributed by atoms with Crippen LogP contribution in [-0.4, -0.2) is 28.7 Å². The molecular formula is C13H16N4O2S. The number of nitrogen functional groups attached to an aromatic ring is 1. The number of hydrogen-bond donors (Lipinski definition) is 2. The molecule has 1 aromatic heterocycles. The number of H-pyrrole nitrogens is 1. The molecule has 1 saturated carbocycles. The molecule has 1 fully saturated rings. The fourth-order valence-electron chi connectivity index (χ4n) is 2.09. The summed E-state index contributed by atoms with van der Waals surface area (Å²) < 4.78 is 26.7. The number of rotatable bonds is 5. The average molecular weight is 292 g/mol. The highest BCUT2D eigenvalue weighted by atomic mass is 32.2. The first-order valence-corrected chi connectivity index (χ1v) is 7.86. The molecule has 1 aliphatic carbocycles. The van der Waals surface area contributed by atoms with Crippen LogP contribution in [0.2, 0.25) is 0 Å². The Kier molecular flexibility index (Phi) is 3.23. The Morgan fingerprint density at radius 3 is 2.55 bits per heavy atom. The molecule has 1 heterocycles. The van der Waals surface area contributed by atoms with E-state index in [1.165, 1.54) is 16.8 Å².